The third-order valence-electron chi connectivity index (χ3n) is 8.72. The van der Waals surface area contributed by atoms with Crippen LogP contribution >= 0.6 is 0 Å². The quantitative estimate of drug-likeness (QED) is 0.663. The first kappa shape index (κ1) is 15.9. The molecule has 0 spiro atoms. The second-order valence-corrected chi connectivity index (χ2v) is 9.48. The molecule has 0 bridgehead atoms. The van der Waals surface area contributed by atoms with E-state index in [1.165, 1.54) is 37.7 Å². The Morgan fingerprint density at radius 1 is 1.13 bits per heavy atom. The van der Waals surface area contributed by atoms with Gasteiger partial charge in [-0.2, -0.15) is 0 Å². The van der Waals surface area contributed by atoms with E-state index in [0.717, 1.165) is 19.3 Å². The normalized spacial score (nSPS) is 55.6. The van der Waals surface area contributed by atoms with Crippen molar-refractivity contribution in [2.45, 2.75) is 77.4 Å². The molecule has 0 heterocycles. The van der Waals surface area contributed by atoms with Crippen LogP contribution in [0.3, 0.4) is 0 Å². The fourth-order valence-electron chi connectivity index (χ4n) is 7.36. The summed E-state index contributed by atoms with van der Waals surface area (Å²) in [6, 6.07) is 0.354. The Kier molecular flexibility index (Phi) is 3.61. The molecular weight excluding hydrogens is 282 g/mol. The number of hydrogen-bond acceptors (Lipinski definition) is 2. The number of fused-ring (bicyclic) bond motifs is 5. The van der Waals surface area contributed by atoms with Crippen molar-refractivity contribution in [3.63, 3.8) is 0 Å². The molecule has 0 aliphatic heterocycles. The monoisotopic (exact) mass is 315 g/mol. The minimum atomic E-state index is -0.128. The lowest BCUT2D eigenvalue weighted by atomic mass is 9.44. The van der Waals surface area contributed by atoms with Gasteiger partial charge in [0.25, 0.3) is 0 Å². The summed E-state index contributed by atoms with van der Waals surface area (Å²) < 4.78 is 0. The van der Waals surface area contributed by atoms with E-state index in [2.05, 4.69) is 26.2 Å². The first-order valence-corrected chi connectivity index (χ1v) is 9.73. The van der Waals surface area contributed by atoms with Gasteiger partial charge >= 0.3 is 0 Å². The van der Waals surface area contributed by atoms with Crippen molar-refractivity contribution in [2.24, 2.45) is 40.2 Å². The van der Waals surface area contributed by atoms with Crippen molar-refractivity contribution in [1.82, 2.24) is 0 Å². The highest BCUT2D eigenvalue weighted by molar-refractivity contribution is 5.23. The van der Waals surface area contributed by atoms with Gasteiger partial charge in [0.2, 0.25) is 0 Å². The van der Waals surface area contributed by atoms with Crippen LogP contribution in [-0.2, 0) is 0 Å². The van der Waals surface area contributed by atoms with Gasteiger partial charge in [-0.25, -0.2) is 0 Å². The minimum Gasteiger partial charge on any atom is -0.393 e. The number of aliphatic hydroxyl groups is 1. The minimum absolute atomic E-state index is 0.128. The molecule has 23 heavy (non-hydrogen) atoms. The lowest BCUT2D eigenvalue weighted by Gasteiger charge is -2.61. The molecule has 4 aliphatic rings. The van der Waals surface area contributed by atoms with Crippen molar-refractivity contribution < 1.29 is 5.11 Å². The maximum absolute atomic E-state index is 11.1. The van der Waals surface area contributed by atoms with E-state index in [-0.39, 0.29) is 11.5 Å². The molecule has 8 atom stereocenters. The molecule has 4 rings (SSSR count). The maximum Gasteiger partial charge on any atom is 0.0577 e. The topological polar surface area (TPSA) is 46.2 Å². The maximum atomic E-state index is 11.1. The van der Waals surface area contributed by atoms with Crippen LogP contribution in [0.15, 0.2) is 17.9 Å². The Morgan fingerprint density at radius 3 is 2.65 bits per heavy atom. The smallest absolute Gasteiger partial charge is 0.0577 e. The van der Waals surface area contributed by atoms with Crippen molar-refractivity contribution >= 4 is 0 Å². The van der Waals surface area contributed by atoms with Gasteiger partial charge in [0.05, 0.1) is 6.10 Å². The van der Waals surface area contributed by atoms with Crippen LogP contribution in [0, 0.1) is 34.5 Å². The van der Waals surface area contributed by atoms with E-state index < -0.39 is 0 Å². The van der Waals surface area contributed by atoms with Crippen LogP contribution in [0.4, 0.5) is 0 Å². The van der Waals surface area contributed by atoms with Crippen LogP contribution < -0.4 is 5.73 Å². The lowest BCUT2D eigenvalue weighted by Crippen LogP contribution is -2.58. The highest BCUT2D eigenvalue weighted by atomic mass is 16.3. The molecule has 4 saturated carbocycles. The van der Waals surface area contributed by atoms with E-state index in [1.54, 1.807) is 0 Å². The number of aliphatic hydroxyl groups excluding tert-OH is 1. The van der Waals surface area contributed by atoms with Crippen molar-refractivity contribution in [2.75, 3.05) is 0 Å². The van der Waals surface area contributed by atoms with E-state index in [1.807, 2.05) is 0 Å². The second-order valence-electron chi connectivity index (χ2n) is 9.48. The molecule has 2 heteroatoms. The Bertz CT molecular complexity index is 550. The van der Waals surface area contributed by atoms with Gasteiger partial charge in [-0.3, -0.25) is 0 Å². The molecule has 0 saturated heterocycles. The van der Waals surface area contributed by atoms with Crippen molar-refractivity contribution in [3.8, 4) is 0 Å². The standard InChI is InChI=1S/C21H33NO/c1-4-13-5-6-16-19-17(8-10-20(13,16)2)21(3)9-7-15(22)11-14(21)12-18(19)23/h14-19,23H,1,5-12,22H2,2-3H3. The Hall–Kier alpha value is -0.560. The summed E-state index contributed by atoms with van der Waals surface area (Å²) in [7, 11) is 0. The van der Waals surface area contributed by atoms with Crippen molar-refractivity contribution in [3.05, 3.63) is 17.9 Å². The van der Waals surface area contributed by atoms with E-state index in [9.17, 15) is 5.11 Å². The Balaban J connectivity index is 1.70. The first-order chi connectivity index (χ1) is 10.9. The van der Waals surface area contributed by atoms with Gasteiger partial charge in [0.15, 0.2) is 0 Å². The molecule has 0 aromatic heterocycles. The van der Waals surface area contributed by atoms with Gasteiger partial charge in [0.1, 0.15) is 0 Å². The van der Waals surface area contributed by atoms with Gasteiger partial charge < -0.3 is 10.8 Å². The lowest BCUT2D eigenvalue weighted by molar-refractivity contribution is -0.155. The molecular formula is C21H33NO. The van der Waals surface area contributed by atoms with Crippen LogP contribution in [0.1, 0.15) is 65.2 Å². The predicted octanol–water partition coefficient (Wildman–Crippen LogP) is 4.04. The zero-order chi connectivity index (χ0) is 16.4. The summed E-state index contributed by atoms with van der Waals surface area (Å²) in [5.74, 6) is 2.43. The van der Waals surface area contributed by atoms with Crippen LogP contribution in [0.25, 0.3) is 0 Å². The molecule has 3 N–H and O–H groups in total. The van der Waals surface area contributed by atoms with Gasteiger partial charge in [-0.05, 0) is 91.4 Å². The molecule has 128 valence electrons. The third kappa shape index (κ3) is 2.08. The number of allylic oxidation sites excluding steroid dienone is 1. The van der Waals surface area contributed by atoms with Crippen LogP contribution in [0.2, 0.25) is 0 Å². The summed E-state index contributed by atoms with van der Waals surface area (Å²) in [6.45, 7) is 8.90. The fourth-order valence-corrected chi connectivity index (χ4v) is 7.36. The average Bonchev–Trinajstić information content (AvgIpc) is 2.85. The third-order valence-corrected chi connectivity index (χ3v) is 8.72. The highest BCUT2D eigenvalue weighted by Crippen LogP contribution is 2.67. The summed E-state index contributed by atoms with van der Waals surface area (Å²) >= 11 is 0. The van der Waals surface area contributed by atoms with Crippen molar-refractivity contribution in [1.29, 1.82) is 0 Å². The fraction of sp³-hybridized carbons (Fsp3) is 0.857. The van der Waals surface area contributed by atoms with Crippen LogP contribution in [-0.4, -0.2) is 17.3 Å². The zero-order valence-corrected chi connectivity index (χ0v) is 14.9. The van der Waals surface area contributed by atoms with Gasteiger partial charge in [-0.15, -0.1) is 5.73 Å². The molecule has 4 fully saturated rings. The molecule has 0 aromatic carbocycles. The molecule has 0 aromatic rings. The Morgan fingerprint density at radius 2 is 1.91 bits per heavy atom. The first-order valence-electron chi connectivity index (χ1n) is 9.73. The average molecular weight is 316 g/mol. The summed E-state index contributed by atoms with van der Waals surface area (Å²) in [5.41, 5.74) is 11.6. The summed E-state index contributed by atoms with van der Waals surface area (Å²) in [6.07, 6.45) is 9.31. The number of rotatable bonds is 0. The largest absolute Gasteiger partial charge is 0.393 e. The van der Waals surface area contributed by atoms with E-state index >= 15 is 0 Å². The molecule has 0 amide bonds. The SMILES string of the molecule is C=C=C1CCC2C3C(O)CC4CC(N)CCC4(C)C3CCC12C. The molecule has 4 aliphatic carbocycles. The van der Waals surface area contributed by atoms with Gasteiger partial charge in [-0.1, -0.05) is 20.4 Å². The molecule has 0 radical (unpaired) electrons. The number of hydrogen-bond donors (Lipinski definition) is 2. The summed E-state index contributed by atoms with van der Waals surface area (Å²) in [5, 5.41) is 11.1. The van der Waals surface area contributed by atoms with E-state index in [4.69, 9.17) is 5.73 Å². The molecule has 2 nitrogen and oxygen atoms in total. The second kappa shape index (κ2) is 5.22. The summed E-state index contributed by atoms with van der Waals surface area (Å²) in [4.78, 5) is 0. The Labute approximate surface area is 141 Å². The van der Waals surface area contributed by atoms with E-state index in [0.29, 0.717) is 35.1 Å². The predicted molar refractivity (Wildman–Crippen MR) is 93.7 cm³/mol. The highest BCUT2D eigenvalue weighted by Gasteiger charge is 2.61. The van der Waals surface area contributed by atoms with Gasteiger partial charge in [0, 0.05) is 6.04 Å². The number of nitrogens with two attached hydrogens (primary N) is 1. The van der Waals surface area contributed by atoms with Crippen LogP contribution in [0.5, 0.6) is 0 Å². The zero-order valence-electron chi connectivity index (χ0n) is 14.9. The molecule has 8 unspecified atom stereocenters.